The predicted molar refractivity (Wildman–Crippen MR) is 87.7 cm³/mol. The van der Waals surface area contributed by atoms with Crippen LogP contribution in [0.3, 0.4) is 0 Å². The first-order chi connectivity index (χ1) is 10.8. The molecule has 126 valence electrons. The van der Waals surface area contributed by atoms with Crippen LogP contribution < -0.4 is 0 Å². The number of carbonyl (C=O) groups is 2. The number of rotatable bonds is 5. The average Bonchev–Trinajstić information content (AvgIpc) is 2.98. The molecule has 0 radical (unpaired) electrons. The van der Waals surface area contributed by atoms with E-state index in [9.17, 15) is 14.7 Å². The molecular weight excluding hydrogens is 294 g/mol. The van der Waals surface area contributed by atoms with Crippen molar-refractivity contribution in [2.75, 3.05) is 19.6 Å². The minimum absolute atomic E-state index is 0.0219. The van der Waals surface area contributed by atoms with Gasteiger partial charge in [-0.15, -0.1) is 0 Å². The largest absolute Gasteiger partial charge is 0.478 e. The summed E-state index contributed by atoms with van der Waals surface area (Å²) in [6, 6.07) is 6.17. The summed E-state index contributed by atoms with van der Waals surface area (Å²) in [5, 5.41) is 9.22. The number of carbonyl (C=O) groups excluding carboxylic acids is 1. The van der Waals surface area contributed by atoms with Crippen molar-refractivity contribution in [2.24, 2.45) is 5.41 Å². The molecule has 1 aromatic rings. The molecule has 0 unspecified atom stereocenters. The van der Waals surface area contributed by atoms with Gasteiger partial charge in [-0.25, -0.2) is 9.59 Å². The average molecular weight is 319 g/mol. The standard InChI is InChI=1S/C18H25NO4/c1-18(2,3)15(12-19-10-6-7-11-19)23-17(22)14-9-5-4-8-13(14)16(20)21/h4-5,8-9,15H,6-7,10-12H2,1-3H3,(H,20,21)/t15-/m1/s1. The van der Waals surface area contributed by atoms with Gasteiger partial charge in [0.1, 0.15) is 6.10 Å². The fourth-order valence-electron chi connectivity index (χ4n) is 2.73. The third-order valence-electron chi connectivity index (χ3n) is 4.22. The first kappa shape index (κ1) is 17.5. The number of ether oxygens (including phenoxy) is 1. The lowest BCUT2D eigenvalue weighted by atomic mass is 9.88. The quantitative estimate of drug-likeness (QED) is 0.845. The molecule has 1 atom stereocenters. The highest BCUT2D eigenvalue weighted by molar-refractivity contribution is 6.02. The molecule has 5 heteroatoms. The fourth-order valence-corrected chi connectivity index (χ4v) is 2.73. The number of carboxylic acid groups (broad SMARTS) is 1. The Labute approximate surface area is 137 Å². The number of aromatic carboxylic acids is 1. The number of esters is 1. The normalized spacial score (nSPS) is 17.0. The van der Waals surface area contributed by atoms with Gasteiger partial charge in [0.25, 0.3) is 0 Å². The van der Waals surface area contributed by atoms with Crippen LogP contribution >= 0.6 is 0 Å². The van der Waals surface area contributed by atoms with E-state index in [0.29, 0.717) is 6.54 Å². The number of hydrogen-bond acceptors (Lipinski definition) is 4. The summed E-state index contributed by atoms with van der Waals surface area (Å²) in [7, 11) is 0. The third kappa shape index (κ3) is 4.55. The van der Waals surface area contributed by atoms with Gasteiger partial charge in [-0.05, 0) is 38.1 Å². The molecule has 0 aromatic heterocycles. The Morgan fingerprint density at radius 1 is 1.17 bits per heavy atom. The zero-order valence-corrected chi connectivity index (χ0v) is 14.0. The van der Waals surface area contributed by atoms with Gasteiger partial charge in [0, 0.05) is 12.0 Å². The van der Waals surface area contributed by atoms with E-state index in [2.05, 4.69) is 4.90 Å². The third-order valence-corrected chi connectivity index (χ3v) is 4.22. The lowest BCUT2D eigenvalue weighted by Gasteiger charge is -2.33. The maximum absolute atomic E-state index is 12.5. The van der Waals surface area contributed by atoms with Crippen molar-refractivity contribution in [1.82, 2.24) is 4.90 Å². The molecule has 0 bridgehead atoms. The van der Waals surface area contributed by atoms with E-state index in [1.54, 1.807) is 12.1 Å². The lowest BCUT2D eigenvalue weighted by molar-refractivity contribution is -0.0147. The lowest BCUT2D eigenvalue weighted by Crippen LogP contribution is -2.41. The van der Waals surface area contributed by atoms with Crippen molar-refractivity contribution >= 4 is 11.9 Å². The number of nitrogens with zero attached hydrogens (tertiary/aromatic N) is 1. The predicted octanol–water partition coefficient (Wildman–Crippen LogP) is 3.05. The first-order valence-corrected chi connectivity index (χ1v) is 8.04. The molecule has 1 fully saturated rings. The maximum Gasteiger partial charge on any atom is 0.339 e. The van der Waals surface area contributed by atoms with Crippen LogP contribution in [0.25, 0.3) is 0 Å². The van der Waals surface area contributed by atoms with Crippen LogP contribution in [0.15, 0.2) is 24.3 Å². The van der Waals surface area contributed by atoms with Gasteiger partial charge < -0.3 is 9.84 Å². The Balaban J connectivity index is 2.15. The molecule has 1 heterocycles. The molecule has 0 amide bonds. The van der Waals surface area contributed by atoms with Gasteiger partial charge >= 0.3 is 11.9 Å². The van der Waals surface area contributed by atoms with Gasteiger partial charge in [-0.2, -0.15) is 0 Å². The van der Waals surface area contributed by atoms with Gasteiger partial charge in [0.2, 0.25) is 0 Å². The van der Waals surface area contributed by atoms with Crippen LogP contribution in [0.5, 0.6) is 0 Å². The molecule has 1 N–H and O–H groups in total. The minimum Gasteiger partial charge on any atom is -0.478 e. The Morgan fingerprint density at radius 3 is 2.26 bits per heavy atom. The smallest absolute Gasteiger partial charge is 0.339 e. The summed E-state index contributed by atoms with van der Waals surface area (Å²) in [4.78, 5) is 26.1. The van der Waals surface area contributed by atoms with E-state index in [0.717, 1.165) is 13.1 Å². The van der Waals surface area contributed by atoms with E-state index in [-0.39, 0.29) is 22.6 Å². The number of carboxylic acids is 1. The molecule has 1 aromatic carbocycles. The Kier molecular flexibility index (Phi) is 5.42. The van der Waals surface area contributed by atoms with Crippen LogP contribution in [-0.2, 0) is 4.74 Å². The van der Waals surface area contributed by atoms with Gasteiger partial charge in [-0.1, -0.05) is 32.9 Å². The van der Waals surface area contributed by atoms with Crippen LogP contribution in [0.4, 0.5) is 0 Å². The molecule has 5 nitrogen and oxygen atoms in total. The summed E-state index contributed by atoms with van der Waals surface area (Å²) < 4.78 is 5.71. The van der Waals surface area contributed by atoms with Crippen molar-refractivity contribution in [3.8, 4) is 0 Å². The Morgan fingerprint density at radius 2 is 1.74 bits per heavy atom. The molecule has 0 spiro atoms. The number of likely N-dealkylation sites (tertiary alicyclic amines) is 1. The molecule has 1 aliphatic rings. The maximum atomic E-state index is 12.5. The van der Waals surface area contributed by atoms with Crippen molar-refractivity contribution in [2.45, 2.75) is 39.7 Å². The van der Waals surface area contributed by atoms with Crippen LogP contribution in [-0.4, -0.2) is 47.7 Å². The Bertz CT molecular complexity index is 571. The molecule has 23 heavy (non-hydrogen) atoms. The van der Waals surface area contributed by atoms with E-state index >= 15 is 0 Å². The summed E-state index contributed by atoms with van der Waals surface area (Å²) in [5.41, 5.74) is -0.127. The molecule has 0 saturated carbocycles. The zero-order valence-electron chi connectivity index (χ0n) is 14.0. The van der Waals surface area contributed by atoms with Crippen LogP contribution in [0.1, 0.15) is 54.3 Å². The molecule has 1 aliphatic heterocycles. The van der Waals surface area contributed by atoms with Gasteiger partial charge in [-0.3, -0.25) is 4.90 Å². The van der Waals surface area contributed by atoms with Gasteiger partial charge in [0.15, 0.2) is 0 Å². The molecule has 1 saturated heterocycles. The highest BCUT2D eigenvalue weighted by Crippen LogP contribution is 2.26. The molecule has 0 aliphatic carbocycles. The second-order valence-electron chi connectivity index (χ2n) is 7.12. The summed E-state index contributed by atoms with van der Waals surface area (Å²) in [5.74, 6) is -1.69. The van der Waals surface area contributed by atoms with Crippen molar-refractivity contribution in [1.29, 1.82) is 0 Å². The second kappa shape index (κ2) is 7.13. The number of benzene rings is 1. The van der Waals surface area contributed by atoms with Crippen molar-refractivity contribution in [3.05, 3.63) is 35.4 Å². The Hall–Kier alpha value is -1.88. The van der Waals surface area contributed by atoms with Crippen LogP contribution in [0.2, 0.25) is 0 Å². The molecule has 2 rings (SSSR count). The van der Waals surface area contributed by atoms with E-state index in [1.165, 1.54) is 25.0 Å². The highest BCUT2D eigenvalue weighted by atomic mass is 16.5. The number of hydrogen-bond donors (Lipinski definition) is 1. The summed E-state index contributed by atoms with van der Waals surface area (Å²) in [6.45, 7) is 8.83. The highest BCUT2D eigenvalue weighted by Gasteiger charge is 2.32. The van der Waals surface area contributed by atoms with Crippen molar-refractivity contribution in [3.63, 3.8) is 0 Å². The topological polar surface area (TPSA) is 66.8 Å². The summed E-state index contributed by atoms with van der Waals surface area (Å²) in [6.07, 6.45) is 2.06. The zero-order chi connectivity index (χ0) is 17.0. The minimum atomic E-state index is -1.12. The summed E-state index contributed by atoms with van der Waals surface area (Å²) >= 11 is 0. The second-order valence-corrected chi connectivity index (χ2v) is 7.12. The van der Waals surface area contributed by atoms with E-state index in [1.807, 2.05) is 20.8 Å². The molecular formula is C18H25NO4. The van der Waals surface area contributed by atoms with Crippen molar-refractivity contribution < 1.29 is 19.4 Å². The van der Waals surface area contributed by atoms with Gasteiger partial charge in [0.05, 0.1) is 11.1 Å². The SMILES string of the molecule is CC(C)(C)[C@@H](CN1CCCC1)OC(=O)c1ccccc1C(=O)O. The first-order valence-electron chi connectivity index (χ1n) is 8.04. The monoisotopic (exact) mass is 319 g/mol. The van der Waals surface area contributed by atoms with Crippen LogP contribution in [0, 0.1) is 5.41 Å². The van der Waals surface area contributed by atoms with E-state index < -0.39 is 11.9 Å². The van der Waals surface area contributed by atoms with E-state index in [4.69, 9.17) is 4.74 Å². The fraction of sp³-hybridized carbons (Fsp3) is 0.556.